The molecule has 2 unspecified atom stereocenters. The molecular weight excluding hydrogens is 362 g/mol. The SMILES string of the molecule is O=C(CC1CC2CCC(C1)N2)Nc1cccc(C(=O)N2CCc3ccccc32)c1. The number of amides is 2. The first-order chi connectivity index (χ1) is 14.2. The average molecular weight is 389 g/mol. The summed E-state index contributed by atoms with van der Waals surface area (Å²) < 4.78 is 0. The zero-order chi connectivity index (χ0) is 19.8. The number of benzene rings is 2. The molecule has 29 heavy (non-hydrogen) atoms. The fourth-order valence-electron chi connectivity index (χ4n) is 5.25. The number of rotatable bonds is 4. The van der Waals surface area contributed by atoms with Crippen LogP contribution in [0.5, 0.6) is 0 Å². The molecule has 3 heterocycles. The lowest BCUT2D eigenvalue weighted by Gasteiger charge is -2.28. The van der Waals surface area contributed by atoms with E-state index in [0.29, 0.717) is 42.2 Å². The Hall–Kier alpha value is -2.66. The van der Waals surface area contributed by atoms with Crippen molar-refractivity contribution < 1.29 is 9.59 Å². The van der Waals surface area contributed by atoms with E-state index in [0.717, 1.165) is 24.9 Å². The highest BCUT2D eigenvalue weighted by Gasteiger charge is 2.34. The van der Waals surface area contributed by atoms with Gasteiger partial charge in [-0.1, -0.05) is 24.3 Å². The summed E-state index contributed by atoms with van der Waals surface area (Å²) in [5, 5.41) is 6.64. The number of hydrogen-bond donors (Lipinski definition) is 2. The fourth-order valence-corrected chi connectivity index (χ4v) is 5.25. The smallest absolute Gasteiger partial charge is 0.258 e. The lowest BCUT2D eigenvalue weighted by molar-refractivity contribution is -0.117. The van der Waals surface area contributed by atoms with Gasteiger partial charge in [0.15, 0.2) is 0 Å². The van der Waals surface area contributed by atoms with Gasteiger partial charge in [-0.05, 0) is 67.9 Å². The molecule has 2 amide bonds. The molecule has 5 rings (SSSR count). The molecule has 2 aromatic carbocycles. The van der Waals surface area contributed by atoms with Crippen molar-refractivity contribution in [1.82, 2.24) is 5.32 Å². The van der Waals surface area contributed by atoms with Gasteiger partial charge in [-0.3, -0.25) is 9.59 Å². The Morgan fingerprint density at radius 2 is 1.83 bits per heavy atom. The number of fused-ring (bicyclic) bond motifs is 3. The van der Waals surface area contributed by atoms with Gasteiger partial charge >= 0.3 is 0 Å². The van der Waals surface area contributed by atoms with Gasteiger partial charge in [-0.15, -0.1) is 0 Å². The van der Waals surface area contributed by atoms with Crippen LogP contribution in [0.2, 0.25) is 0 Å². The summed E-state index contributed by atoms with van der Waals surface area (Å²) in [6.45, 7) is 0.701. The normalized spacial score (nSPS) is 25.0. The molecule has 2 saturated heterocycles. The third-order valence-electron chi connectivity index (χ3n) is 6.57. The molecule has 2 bridgehead atoms. The summed E-state index contributed by atoms with van der Waals surface area (Å²) in [6.07, 6.45) is 6.12. The maximum atomic E-state index is 13.0. The molecule has 0 aromatic heterocycles. The number of para-hydroxylation sites is 1. The van der Waals surface area contributed by atoms with Crippen molar-refractivity contribution in [2.45, 2.75) is 50.6 Å². The van der Waals surface area contributed by atoms with Crippen LogP contribution in [0.3, 0.4) is 0 Å². The number of carbonyl (C=O) groups is 2. The van der Waals surface area contributed by atoms with Gasteiger partial charge in [-0.2, -0.15) is 0 Å². The zero-order valence-corrected chi connectivity index (χ0v) is 16.6. The molecule has 150 valence electrons. The fraction of sp³-hybridized carbons (Fsp3) is 0.417. The van der Waals surface area contributed by atoms with E-state index in [1.54, 1.807) is 6.07 Å². The predicted molar refractivity (Wildman–Crippen MR) is 114 cm³/mol. The lowest BCUT2D eigenvalue weighted by atomic mass is 9.89. The molecule has 2 atom stereocenters. The minimum absolute atomic E-state index is 0.0130. The van der Waals surface area contributed by atoms with Crippen LogP contribution in [0.1, 0.15) is 48.0 Å². The average Bonchev–Trinajstić information content (AvgIpc) is 3.30. The third-order valence-corrected chi connectivity index (χ3v) is 6.57. The van der Waals surface area contributed by atoms with E-state index in [4.69, 9.17) is 0 Å². The summed E-state index contributed by atoms with van der Waals surface area (Å²) in [4.78, 5) is 27.5. The van der Waals surface area contributed by atoms with Crippen LogP contribution >= 0.6 is 0 Å². The molecule has 0 saturated carbocycles. The quantitative estimate of drug-likeness (QED) is 0.837. The van der Waals surface area contributed by atoms with Crippen molar-refractivity contribution >= 4 is 23.2 Å². The molecule has 0 spiro atoms. The summed E-state index contributed by atoms with van der Waals surface area (Å²) in [6, 6.07) is 16.6. The van der Waals surface area contributed by atoms with Gasteiger partial charge < -0.3 is 15.5 Å². The van der Waals surface area contributed by atoms with Gasteiger partial charge in [-0.25, -0.2) is 0 Å². The van der Waals surface area contributed by atoms with E-state index >= 15 is 0 Å². The number of hydrogen-bond acceptors (Lipinski definition) is 3. The zero-order valence-electron chi connectivity index (χ0n) is 16.6. The summed E-state index contributed by atoms with van der Waals surface area (Å²) in [5.41, 5.74) is 3.51. The highest BCUT2D eigenvalue weighted by Crippen LogP contribution is 2.33. The van der Waals surface area contributed by atoms with Crippen LogP contribution in [-0.4, -0.2) is 30.4 Å². The highest BCUT2D eigenvalue weighted by molar-refractivity contribution is 6.08. The van der Waals surface area contributed by atoms with Crippen LogP contribution in [0.25, 0.3) is 0 Å². The molecule has 5 nitrogen and oxygen atoms in total. The second-order valence-electron chi connectivity index (χ2n) is 8.64. The molecule has 2 fully saturated rings. The Balaban J connectivity index is 1.24. The Labute approximate surface area is 171 Å². The molecule has 0 aliphatic carbocycles. The van der Waals surface area contributed by atoms with Crippen molar-refractivity contribution in [2.24, 2.45) is 5.92 Å². The first-order valence-electron chi connectivity index (χ1n) is 10.7. The van der Waals surface area contributed by atoms with E-state index in [1.807, 2.05) is 41.3 Å². The first kappa shape index (κ1) is 18.4. The predicted octanol–water partition coefficient (Wildman–Crippen LogP) is 3.75. The second kappa shape index (κ2) is 7.64. The number of nitrogens with zero attached hydrogens (tertiary/aromatic N) is 1. The van der Waals surface area contributed by atoms with Crippen LogP contribution in [-0.2, 0) is 11.2 Å². The van der Waals surface area contributed by atoms with Gasteiger partial charge in [0.05, 0.1) is 0 Å². The Bertz CT molecular complexity index is 929. The van der Waals surface area contributed by atoms with Crippen LogP contribution in [0, 0.1) is 5.92 Å². The van der Waals surface area contributed by atoms with Crippen LogP contribution < -0.4 is 15.5 Å². The molecule has 0 radical (unpaired) electrons. The molecular formula is C24H27N3O2. The summed E-state index contributed by atoms with van der Waals surface area (Å²) in [5.74, 6) is 0.494. The largest absolute Gasteiger partial charge is 0.326 e. The van der Waals surface area contributed by atoms with Crippen molar-refractivity contribution in [3.05, 3.63) is 59.7 Å². The maximum Gasteiger partial charge on any atom is 0.258 e. The van der Waals surface area contributed by atoms with E-state index in [1.165, 1.54) is 18.4 Å². The van der Waals surface area contributed by atoms with E-state index in [-0.39, 0.29) is 11.8 Å². The Kier molecular flexibility index (Phi) is 4.84. The topological polar surface area (TPSA) is 61.4 Å². The lowest BCUT2D eigenvalue weighted by Crippen LogP contribution is -2.39. The van der Waals surface area contributed by atoms with E-state index in [9.17, 15) is 9.59 Å². The molecule has 3 aliphatic rings. The van der Waals surface area contributed by atoms with Gasteiger partial charge in [0.1, 0.15) is 0 Å². The minimum Gasteiger partial charge on any atom is -0.326 e. The third kappa shape index (κ3) is 3.79. The van der Waals surface area contributed by atoms with Crippen LogP contribution in [0.15, 0.2) is 48.5 Å². The van der Waals surface area contributed by atoms with Gasteiger partial charge in [0.2, 0.25) is 5.91 Å². The van der Waals surface area contributed by atoms with Crippen LogP contribution in [0.4, 0.5) is 11.4 Å². The molecule has 2 aromatic rings. The Morgan fingerprint density at radius 3 is 2.66 bits per heavy atom. The van der Waals surface area contributed by atoms with Gasteiger partial charge in [0, 0.05) is 42.0 Å². The number of anilines is 2. The standard InChI is InChI=1S/C24H27N3O2/c28-23(14-16-12-20-8-9-21(13-16)25-20)26-19-6-3-5-18(15-19)24(29)27-11-10-17-4-1-2-7-22(17)27/h1-7,15-16,20-21,25H,8-14H2,(H,26,28). The highest BCUT2D eigenvalue weighted by atomic mass is 16.2. The summed E-state index contributed by atoms with van der Waals surface area (Å²) in [7, 11) is 0. The van der Waals surface area contributed by atoms with E-state index in [2.05, 4.69) is 16.7 Å². The van der Waals surface area contributed by atoms with Crippen molar-refractivity contribution in [2.75, 3.05) is 16.8 Å². The molecule has 2 N–H and O–H groups in total. The van der Waals surface area contributed by atoms with Crippen molar-refractivity contribution in [3.63, 3.8) is 0 Å². The number of piperidine rings is 1. The number of nitrogens with one attached hydrogen (secondary N) is 2. The molecule has 3 aliphatic heterocycles. The Morgan fingerprint density at radius 1 is 1.03 bits per heavy atom. The van der Waals surface area contributed by atoms with Crippen molar-refractivity contribution in [1.29, 1.82) is 0 Å². The van der Waals surface area contributed by atoms with Crippen molar-refractivity contribution in [3.8, 4) is 0 Å². The van der Waals surface area contributed by atoms with Gasteiger partial charge in [0.25, 0.3) is 5.91 Å². The molecule has 5 heteroatoms. The second-order valence-corrected chi connectivity index (χ2v) is 8.64. The van der Waals surface area contributed by atoms with E-state index < -0.39 is 0 Å². The maximum absolute atomic E-state index is 13.0. The minimum atomic E-state index is -0.0130. The monoisotopic (exact) mass is 389 g/mol. The first-order valence-corrected chi connectivity index (χ1v) is 10.7. The summed E-state index contributed by atoms with van der Waals surface area (Å²) >= 11 is 0. The number of carbonyl (C=O) groups excluding carboxylic acids is 2.